The number of carbonyl (C=O) groups is 1. The minimum Gasteiger partial charge on any atom is -0.371 e. The maximum absolute atomic E-state index is 12.5. The molecule has 0 aromatic heterocycles. The molecule has 1 aromatic carbocycles. The number of hydrogen-bond acceptors (Lipinski definition) is 4. The molecular weight excluding hydrogens is 280 g/mol. The number of carbonyl (C=O) groups excluding carboxylic acids is 1. The first kappa shape index (κ1) is 15.3. The second-order valence-electron chi connectivity index (χ2n) is 6.06. The SMILES string of the molecule is Cc1ccc(N2CCCC2)c(C(=O)NO[C@H]2CCCCO2)c1. The Bertz CT molecular complexity index is 521. The predicted octanol–water partition coefficient (Wildman–Crippen LogP) is 2.78. The molecular formula is C17H24N2O3. The number of nitrogens with zero attached hydrogens (tertiary/aromatic N) is 1. The van der Waals surface area contributed by atoms with Gasteiger partial charge in [-0.2, -0.15) is 0 Å². The van der Waals surface area contributed by atoms with Crippen molar-refractivity contribution in [2.75, 3.05) is 24.6 Å². The summed E-state index contributed by atoms with van der Waals surface area (Å²) >= 11 is 0. The molecule has 0 aliphatic carbocycles. The van der Waals surface area contributed by atoms with Crippen LogP contribution in [-0.4, -0.2) is 31.9 Å². The van der Waals surface area contributed by atoms with Gasteiger partial charge in [0.05, 0.1) is 5.56 Å². The Morgan fingerprint density at radius 1 is 1.27 bits per heavy atom. The van der Waals surface area contributed by atoms with Crippen LogP contribution in [0.5, 0.6) is 0 Å². The Labute approximate surface area is 131 Å². The van der Waals surface area contributed by atoms with E-state index in [9.17, 15) is 4.79 Å². The van der Waals surface area contributed by atoms with Gasteiger partial charge in [-0.15, -0.1) is 0 Å². The topological polar surface area (TPSA) is 50.8 Å². The number of amides is 1. The molecule has 2 aliphatic heterocycles. The van der Waals surface area contributed by atoms with Crippen LogP contribution in [0.4, 0.5) is 5.69 Å². The molecule has 5 nitrogen and oxygen atoms in total. The lowest BCUT2D eigenvalue weighted by Gasteiger charge is -2.24. The fourth-order valence-corrected chi connectivity index (χ4v) is 3.04. The van der Waals surface area contributed by atoms with Gasteiger partial charge in [-0.3, -0.25) is 4.79 Å². The summed E-state index contributed by atoms with van der Waals surface area (Å²) in [7, 11) is 0. The van der Waals surface area contributed by atoms with E-state index in [4.69, 9.17) is 9.57 Å². The van der Waals surface area contributed by atoms with E-state index in [1.165, 1.54) is 12.8 Å². The zero-order valence-electron chi connectivity index (χ0n) is 13.1. The van der Waals surface area contributed by atoms with Crippen LogP contribution in [0.1, 0.15) is 48.0 Å². The molecule has 120 valence electrons. The molecule has 1 atom stereocenters. The van der Waals surface area contributed by atoms with Gasteiger partial charge in [-0.05, 0) is 44.7 Å². The van der Waals surface area contributed by atoms with E-state index < -0.39 is 0 Å². The number of ether oxygens (including phenoxy) is 1. The van der Waals surface area contributed by atoms with Crippen LogP contribution in [-0.2, 0) is 9.57 Å². The van der Waals surface area contributed by atoms with E-state index in [0.29, 0.717) is 12.2 Å². The third kappa shape index (κ3) is 3.59. The van der Waals surface area contributed by atoms with Crippen molar-refractivity contribution in [2.45, 2.75) is 45.3 Å². The van der Waals surface area contributed by atoms with Crippen LogP contribution in [0.15, 0.2) is 18.2 Å². The average Bonchev–Trinajstić information content (AvgIpc) is 3.08. The molecule has 2 saturated heterocycles. The van der Waals surface area contributed by atoms with Gasteiger partial charge in [0.25, 0.3) is 5.91 Å². The average molecular weight is 304 g/mol. The fraction of sp³-hybridized carbons (Fsp3) is 0.588. The van der Waals surface area contributed by atoms with Gasteiger partial charge in [-0.25, -0.2) is 10.3 Å². The Morgan fingerprint density at radius 2 is 2.09 bits per heavy atom. The first-order chi connectivity index (χ1) is 10.7. The van der Waals surface area contributed by atoms with E-state index >= 15 is 0 Å². The summed E-state index contributed by atoms with van der Waals surface area (Å²) in [4.78, 5) is 20.2. The van der Waals surface area contributed by atoms with Gasteiger partial charge in [-0.1, -0.05) is 11.6 Å². The number of anilines is 1. The highest BCUT2D eigenvalue weighted by Crippen LogP contribution is 2.26. The molecule has 5 heteroatoms. The Kier molecular flexibility index (Phi) is 4.95. The molecule has 0 radical (unpaired) electrons. The van der Waals surface area contributed by atoms with E-state index in [1.807, 2.05) is 19.1 Å². The van der Waals surface area contributed by atoms with Gasteiger partial charge in [0.2, 0.25) is 0 Å². The van der Waals surface area contributed by atoms with E-state index in [2.05, 4.69) is 16.4 Å². The highest BCUT2D eigenvalue weighted by atomic mass is 16.8. The van der Waals surface area contributed by atoms with Gasteiger partial charge in [0.1, 0.15) is 0 Å². The van der Waals surface area contributed by atoms with E-state index in [-0.39, 0.29) is 12.2 Å². The lowest BCUT2D eigenvalue weighted by atomic mass is 10.1. The van der Waals surface area contributed by atoms with Crippen molar-refractivity contribution in [3.05, 3.63) is 29.3 Å². The summed E-state index contributed by atoms with van der Waals surface area (Å²) < 4.78 is 5.47. The number of hydrogen-bond donors (Lipinski definition) is 1. The van der Waals surface area contributed by atoms with Crippen molar-refractivity contribution in [2.24, 2.45) is 0 Å². The van der Waals surface area contributed by atoms with Crippen molar-refractivity contribution in [3.63, 3.8) is 0 Å². The summed E-state index contributed by atoms with van der Waals surface area (Å²) in [6.07, 6.45) is 5.00. The maximum Gasteiger partial charge on any atom is 0.277 e. The third-order valence-corrected chi connectivity index (χ3v) is 4.26. The molecule has 1 aromatic rings. The van der Waals surface area contributed by atoms with Crippen molar-refractivity contribution in [1.29, 1.82) is 0 Å². The van der Waals surface area contributed by atoms with E-state index in [0.717, 1.165) is 43.6 Å². The molecule has 3 rings (SSSR count). The molecule has 0 spiro atoms. The molecule has 2 aliphatic rings. The second kappa shape index (κ2) is 7.11. The Hall–Kier alpha value is -1.59. The molecule has 2 fully saturated rings. The third-order valence-electron chi connectivity index (χ3n) is 4.26. The lowest BCUT2D eigenvalue weighted by molar-refractivity contribution is -0.186. The summed E-state index contributed by atoms with van der Waals surface area (Å²) in [6.45, 7) is 4.71. The molecule has 0 unspecified atom stereocenters. The van der Waals surface area contributed by atoms with Gasteiger partial charge in [0.15, 0.2) is 6.29 Å². The Morgan fingerprint density at radius 3 is 2.82 bits per heavy atom. The molecule has 2 heterocycles. The summed E-state index contributed by atoms with van der Waals surface area (Å²) in [5, 5.41) is 0. The van der Waals surface area contributed by atoms with Crippen LogP contribution in [0.25, 0.3) is 0 Å². The smallest absolute Gasteiger partial charge is 0.277 e. The minimum atomic E-state index is -0.322. The van der Waals surface area contributed by atoms with Gasteiger partial charge >= 0.3 is 0 Å². The predicted molar refractivity (Wildman–Crippen MR) is 84.8 cm³/mol. The number of hydroxylamine groups is 1. The zero-order valence-corrected chi connectivity index (χ0v) is 13.1. The van der Waals surface area contributed by atoms with Gasteiger partial charge < -0.3 is 9.64 Å². The first-order valence-corrected chi connectivity index (χ1v) is 8.17. The summed E-state index contributed by atoms with van der Waals surface area (Å²) in [6, 6.07) is 6.01. The zero-order chi connectivity index (χ0) is 15.4. The van der Waals surface area contributed by atoms with Crippen molar-refractivity contribution in [3.8, 4) is 0 Å². The monoisotopic (exact) mass is 304 g/mol. The highest BCUT2D eigenvalue weighted by Gasteiger charge is 2.21. The molecule has 0 saturated carbocycles. The first-order valence-electron chi connectivity index (χ1n) is 8.17. The van der Waals surface area contributed by atoms with Crippen molar-refractivity contribution in [1.82, 2.24) is 5.48 Å². The summed E-state index contributed by atoms with van der Waals surface area (Å²) in [5.41, 5.74) is 5.31. The van der Waals surface area contributed by atoms with Crippen LogP contribution in [0.3, 0.4) is 0 Å². The highest BCUT2D eigenvalue weighted by molar-refractivity contribution is 5.99. The van der Waals surface area contributed by atoms with Crippen LogP contribution >= 0.6 is 0 Å². The lowest BCUT2D eigenvalue weighted by Crippen LogP contribution is -2.34. The number of aryl methyl sites for hydroxylation is 1. The number of benzene rings is 1. The number of nitrogens with one attached hydrogen (secondary N) is 1. The standard InChI is InChI=1S/C17H24N2O3/c1-13-7-8-15(19-9-3-4-10-19)14(12-13)17(20)18-22-16-6-2-5-11-21-16/h7-8,12,16H,2-6,9-11H2,1H3,(H,18,20)/t16-/m0/s1. The van der Waals surface area contributed by atoms with Gasteiger partial charge in [0, 0.05) is 31.8 Å². The fourth-order valence-electron chi connectivity index (χ4n) is 3.04. The molecule has 22 heavy (non-hydrogen) atoms. The molecule has 1 amide bonds. The van der Waals surface area contributed by atoms with Crippen LogP contribution < -0.4 is 10.4 Å². The van der Waals surface area contributed by atoms with E-state index in [1.54, 1.807) is 0 Å². The largest absolute Gasteiger partial charge is 0.371 e. The number of rotatable bonds is 4. The maximum atomic E-state index is 12.5. The van der Waals surface area contributed by atoms with Crippen molar-refractivity contribution < 1.29 is 14.4 Å². The quantitative estimate of drug-likeness (QED) is 0.869. The summed E-state index contributed by atoms with van der Waals surface area (Å²) in [5.74, 6) is -0.195. The second-order valence-corrected chi connectivity index (χ2v) is 6.06. The Balaban J connectivity index is 1.68. The minimum absolute atomic E-state index is 0.195. The van der Waals surface area contributed by atoms with Crippen molar-refractivity contribution >= 4 is 11.6 Å². The van der Waals surface area contributed by atoms with Crippen LogP contribution in [0, 0.1) is 6.92 Å². The van der Waals surface area contributed by atoms with Crippen LogP contribution in [0.2, 0.25) is 0 Å². The molecule has 1 N–H and O–H groups in total. The molecule has 0 bridgehead atoms. The normalized spacial score (nSPS) is 21.9.